The SMILES string of the molecule is CC.CC.Cc1ccc2ncc(C)n2c1. The number of hydrogen-bond acceptors (Lipinski definition) is 1. The number of fused-ring (bicyclic) bond motifs is 1. The van der Waals surface area contributed by atoms with Crippen LogP contribution in [0.25, 0.3) is 5.65 Å². The van der Waals surface area contributed by atoms with Crippen molar-refractivity contribution in [2.24, 2.45) is 0 Å². The Balaban J connectivity index is 0.000000442. The molecule has 2 heteroatoms. The summed E-state index contributed by atoms with van der Waals surface area (Å²) in [5.74, 6) is 0. The Kier molecular flexibility index (Phi) is 6.43. The van der Waals surface area contributed by atoms with E-state index in [0.29, 0.717) is 0 Å². The second-order valence-electron chi connectivity index (χ2n) is 2.83. The lowest BCUT2D eigenvalue weighted by molar-refractivity contribution is 1.09. The van der Waals surface area contributed by atoms with Crippen LogP contribution < -0.4 is 0 Å². The van der Waals surface area contributed by atoms with E-state index in [9.17, 15) is 0 Å². The Morgan fingerprint density at radius 1 is 1.00 bits per heavy atom. The minimum atomic E-state index is 1.02. The minimum absolute atomic E-state index is 1.02. The zero-order valence-electron chi connectivity index (χ0n) is 10.7. The average molecular weight is 206 g/mol. The van der Waals surface area contributed by atoms with Gasteiger partial charge in [-0.2, -0.15) is 0 Å². The van der Waals surface area contributed by atoms with Crippen LogP contribution in [0.3, 0.4) is 0 Å². The first-order valence-electron chi connectivity index (χ1n) is 5.68. The third-order valence-corrected chi connectivity index (χ3v) is 1.84. The monoisotopic (exact) mass is 206 g/mol. The molecule has 0 spiro atoms. The van der Waals surface area contributed by atoms with Crippen molar-refractivity contribution in [1.82, 2.24) is 9.38 Å². The summed E-state index contributed by atoms with van der Waals surface area (Å²) in [6.07, 6.45) is 3.98. The van der Waals surface area contributed by atoms with Crippen molar-refractivity contribution < 1.29 is 0 Å². The van der Waals surface area contributed by atoms with Crippen molar-refractivity contribution in [3.8, 4) is 0 Å². The molecule has 2 nitrogen and oxygen atoms in total. The Labute approximate surface area is 93.0 Å². The van der Waals surface area contributed by atoms with Crippen LogP contribution in [0.15, 0.2) is 24.5 Å². The highest BCUT2D eigenvalue weighted by atomic mass is 15.0. The molecule has 2 rings (SSSR count). The van der Waals surface area contributed by atoms with E-state index in [1.807, 2.05) is 40.0 Å². The van der Waals surface area contributed by atoms with Crippen molar-refractivity contribution in [2.45, 2.75) is 41.5 Å². The zero-order valence-corrected chi connectivity index (χ0v) is 10.7. The molecule has 0 fully saturated rings. The summed E-state index contributed by atoms with van der Waals surface area (Å²) in [6.45, 7) is 12.1. The van der Waals surface area contributed by atoms with Crippen LogP contribution in [-0.4, -0.2) is 9.38 Å². The molecule has 0 saturated carbocycles. The predicted octanol–water partition coefficient (Wildman–Crippen LogP) is 4.00. The summed E-state index contributed by atoms with van der Waals surface area (Å²) in [6, 6.07) is 4.10. The number of rotatable bonds is 0. The molecule has 0 N–H and O–H groups in total. The topological polar surface area (TPSA) is 17.3 Å². The van der Waals surface area contributed by atoms with Gasteiger partial charge in [0.05, 0.1) is 0 Å². The van der Waals surface area contributed by atoms with Gasteiger partial charge in [-0.15, -0.1) is 0 Å². The van der Waals surface area contributed by atoms with E-state index in [2.05, 4.69) is 35.5 Å². The van der Waals surface area contributed by atoms with Crippen LogP contribution in [0.1, 0.15) is 39.0 Å². The Morgan fingerprint density at radius 2 is 1.60 bits per heavy atom. The lowest BCUT2D eigenvalue weighted by atomic mass is 10.3. The summed E-state index contributed by atoms with van der Waals surface area (Å²) in [5.41, 5.74) is 3.47. The molecule has 0 aliphatic carbocycles. The number of hydrogen-bond donors (Lipinski definition) is 0. The maximum absolute atomic E-state index is 4.22. The molecule has 0 bridgehead atoms. The van der Waals surface area contributed by atoms with Gasteiger partial charge in [-0.25, -0.2) is 4.98 Å². The normalized spacial score (nSPS) is 8.67. The first-order valence-corrected chi connectivity index (χ1v) is 5.68. The summed E-state index contributed by atoms with van der Waals surface area (Å²) >= 11 is 0. The van der Waals surface area contributed by atoms with Gasteiger partial charge in [0.2, 0.25) is 0 Å². The van der Waals surface area contributed by atoms with Crippen LogP contribution in [0.4, 0.5) is 0 Å². The fourth-order valence-electron chi connectivity index (χ4n) is 1.21. The second kappa shape index (κ2) is 7.04. The van der Waals surface area contributed by atoms with Gasteiger partial charge >= 0.3 is 0 Å². The van der Waals surface area contributed by atoms with Crippen LogP contribution in [0, 0.1) is 13.8 Å². The number of pyridine rings is 1. The standard InChI is InChI=1S/C9H10N2.2C2H6/c1-7-3-4-9-10-5-8(2)11(9)6-7;2*1-2/h3-6H,1-2H3;2*1-2H3. The van der Waals surface area contributed by atoms with Crippen molar-refractivity contribution in [1.29, 1.82) is 0 Å². The Morgan fingerprint density at radius 3 is 2.20 bits per heavy atom. The van der Waals surface area contributed by atoms with Crippen LogP contribution in [0.5, 0.6) is 0 Å². The molecule has 0 amide bonds. The molecule has 15 heavy (non-hydrogen) atoms. The van der Waals surface area contributed by atoms with Crippen molar-refractivity contribution >= 4 is 5.65 Å². The smallest absolute Gasteiger partial charge is 0.136 e. The molecule has 2 heterocycles. The maximum Gasteiger partial charge on any atom is 0.136 e. The first-order chi connectivity index (χ1) is 7.27. The summed E-state index contributed by atoms with van der Waals surface area (Å²) in [4.78, 5) is 4.22. The van der Waals surface area contributed by atoms with E-state index in [1.54, 1.807) is 0 Å². The summed E-state index contributed by atoms with van der Waals surface area (Å²) < 4.78 is 2.09. The number of nitrogens with zero attached hydrogens (tertiary/aromatic N) is 2. The average Bonchev–Trinajstić information content (AvgIpc) is 2.66. The van der Waals surface area contributed by atoms with E-state index in [0.717, 1.165) is 5.65 Å². The quantitative estimate of drug-likeness (QED) is 0.636. The molecular weight excluding hydrogens is 184 g/mol. The second-order valence-corrected chi connectivity index (χ2v) is 2.83. The molecular formula is C13H22N2. The highest BCUT2D eigenvalue weighted by Gasteiger charge is 1.96. The van der Waals surface area contributed by atoms with E-state index in [4.69, 9.17) is 0 Å². The lowest BCUT2D eigenvalue weighted by Crippen LogP contribution is -1.87. The highest BCUT2D eigenvalue weighted by molar-refractivity contribution is 5.41. The first kappa shape index (κ1) is 13.7. The van der Waals surface area contributed by atoms with Gasteiger partial charge in [0.1, 0.15) is 5.65 Å². The fraction of sp³-hybridized carbons (Fsp3) is 0.462. The van der Waals surface area contributed by atoms with E-state index in [1.165, 1.54) is 11.3 Å². The van der Waals surface area contributed by atoms with Crippen molar-refractivity contribution in [3.05, 3.63) is 35.8 Å². The van der Waals surface area contributed by atoms with Crippen molar-refractivity contribution in [2.75, 3.05) is 0 Å². The largest absolute Gasteiger partial charge is 0.304 e. The number of aryl methyl sites for hydroxylation is 2. The molecule has 0 saturated heterocycles. The summed E-state index contributed by atoms with van der Waals surface area (Å²) in [7, 11) is 0. The van der Waals surface area contributed by atoms with E-state index in [-0.39, 0.29) is 0 Å². The van der Waals surface area contributed by atoms with Crippen molar-refractivity contribution in [3.63, 3.8) is 0 Å². The predicted molar refractivity (Wildman–Crippen MR) is 67.4 cm³/mol. The number of imidazole rings is 1. The lowest BCUT2D eigenvalue weighted by Gasteiger charge is -1.96. The van der Waals surface area contributed by atoms with Gasteiger partial charge in [-0.1, -0.05) is 33.8 Å². The van der Waals surface area contributed by atoms with Gasteiger partial charge < -0.3 is 4.40 Å². The molecule has 0 aliphatic rings. The zero-order chi connectivity index (χ0) is 11.8. The van der Waals surface area contributed by atoms with Gasteiger partial charge in [0, 0.05) is 18.1 Å². The molecule has 0 radical (unpaired) electrons. The van der Waals surface area contributed by atoms with Crippen LogP contribution >= 0.6 is 0 Å². The van der Waals surface area contributed by atoms with E-state index < -0.39 is 0 Å². The Hall–Kier alpha value is -1.31. The molecule has 0 aromatic carbocycles. The third kappa shape index (κ3) is 3.39. The minimum Gasteiger partial charge on any atom is -0.304 e. The number of aromatic nitrogens is 2. The molecule has 0 atom stereocenters. The summed E-state index contributed by atoms with van der Waals surface area (Å²) in [5, 5.41) is 0. The highest BCUT2D eigenvalue weighted by Crippen LogP contribution is 2.06. The van der Waals surface area contributed by atoms with Gasteiger partial charge in [-0.3, -0.25) is 0 Å². The third-order valence-electron chi connectivity index (χ3n) is 1.84. The Bertz CT molecular complexity index is 388. The van der Waals surface area contributed by atoms with Gasteiger partial charge in [-0.05, 0) is 25.5 Å². The van der Waals surface area contributed by atoms with Crippen LogP contribution in [-0.2, 0) is 0 Å². The molecule has 84 valence electrons. The molecule has 0 aliphatic heterocycles. The van der Waals surface area contributed by atoms with Gasteiger partial charge in [0.15, 0.2) is 0 Å². The molecule has 2 aromatic heterocycles. The molecule has 0 unspecified atom stereocenters. The van der Waals surface area contributed by atoms with Crippen LogP contribution in [0.2, 0.25) is 0 Å². The molecule has 2 aromatic rings. The maximum atomic E-state index is 4.22. The van der Waals surface area contributed by atoms with Gasteiger partial charge in [0.25, 0.3) is 0 Å². The fourth-order valence-corrected chi connectivity index (χ4v) is 1.21. The van der Waals surface area contributed by atoms with E-state index >= 15 is 0 Å².